The molecule has 7 nitrogen and oxygen atoms in total. The summed E-state index contributed by atoms with van der Waals surface area (Å²) in [7, 11) is 0. The van der Waals surface area contributed by atoms with E-state index in [1.807, 2.05) is 4.90 Å². The quantitative estimate of drug-likeness (QED) is 0.716. The first-order chi connectivity index (χ1) is 11.9. The van der Waals surface area contributed by atoms with Gasteiger partial charge in [0, 0.05) is 19.1 Å². The number of urea groups is 1. The second kappa shape index (κ2) is 7.32. The normalized spacial score (nSPS) is 31.3. The number of hydrogen-bond acceptors (Lipinski definition) is 4. The second-order valence-electron chi connectivity index (χ2n) is 7.95. The van der Waals surface area contributed by atoms with Crippen molar-refractivity contribution in [2.75, 3.05) is 13.1 Å². The molecule has 3 N–H and O–H groups in total. The van der Waals surface area contributed by atoms with E-state index in [4.69, 9.17) is 0 Å². The number of nitrogens with one attached hydrogen (secondary N) is 2. The predicted molar refractivity (Wildman–Crippen MR) is 92.0 cm³/mol. The zero-order chi connectivity index (χ0) is 18.0. The van der Waals surface area contributed by atoms with E-state index in [0.717, 1.165) is 38.5 Å². The number of aliphatic carboxylic acids is 1. The number of carbonyl (C=O) groups excluding carboxylic acids is 2. The van der Waals surface area contributed by atoms with Gasteiger partial charge in [0.05, 0.1) is 11.5 Å². The first-order valence-electron chi connectivity index (χ1n) is 9.51. The van der Waals surface area contributed by atoms with Crippen LogP contribution in [-0.4, -0.2) is 53.1 Å². The van der Waals surface area contributed by atoms with Crippen molar-refractivity contribution in [1.29, 1.82) is 0 Å². The fourth-order valence-electron chi connectivity index (χ4n) is 4.82. The summed E-state index contributed by atoms with van der Waals surface area (Å²) in [6.45, 7) is 2.76. The van der Waals surface area contributed by atoms with Crippen LogP contribution in [0.25, 0.3) is 0 Å². The smallest absolute Gasteiger partial charge is 0.321 e. The van der Waals surface area contributed by atoms with Crippen LogP contribution in [0.3, 0.4) is 0 Å². The van der Waals surface area contributed by atoms with Gasteiger partial charge in [-0.25, -0.2) is 4.79 Å². The number of nitrogens with zero attached hydrogens (tertiary/aromatic N) is 1. The molecule has 25 heavy (non-hydrogen) atoms. The van der Waals surface area contributed by atoms with Crippen molar-refractivity contribution in [1.82, 2.24) is 15.5 Å². The molecule has 1 heterocycles. The van der Waals surface area contributed by atoms with Crippen LogP contribution < -0.4 is 10.6 Å². The van der Waals surface area contributed by atoms with Crippen LogP contribution >= 0.6 is 0 Å². The number of rotatable bonds is 4. The lowest BCUT2D eigenvalue weighted by Crippen LogP contribution is -2.51. The van der Waals surface area contributed by atoms with Crippen molar-refractivity contribution < 1.29 is 19.5 Å². The molecule has 0 spiro atoms. The molecule has 3 atom stereocenters. The Morgan fingerprint density at radius 2 is 1.84 bits per heavy atom. The minimum Gasteiger partial charge on any atom is -0.481 e. The molecule has 7 heteroatoms. The summed E-state index contributed by atoms with van der Waals surface area (Å²) in [5, 5.41) is 15.0. The van der Waals surface area contributed by atoms with Crippen LogP contribution in [0.4, 0.5) is 4.79 Å². The maximum Gasteiger partial charge on any atom is 0.321 e. The van der Waals surface area contributed by atoms with E-state index in [-0.39, 0.29) is 17.9 Å². The van der Waals surface area contributed by atoms with Crippen molar-refractivity contribution >= 4 is 17.9 Å². The maximum absolute atomic E-state index is 12.4. The van der Waals surface area contributed by atoms with E-state index in [2.05, 4.69) is 10.6 Å². The number of hydrogen-bond donors (Lipinski definition) is 3. The number of likely N-dealkylation sites (tertiary alicyclic amines) is 1. The molecule has 1 saturated heterocycles. The summed E-state index contributed by atoms with van der Waals surface area (Å²) in [5.74, 6) is -0.995. The maximum atomic E-state index is 12.4. The third-order valence-corrected chi connectivity index (χ3v) is 6.43. The lowest BCUT2D eigenvalue weighted by Gasteiger charge is -2.27. The van der Waals surface area contributed by atoms with Crippen molar-refractivity contribution in [3.8, 4) is 0 Å². The SMILES string of the molecule is CC(C(=O)NC(=O)NC1CCCCC1)N1C[C@@H]2CCC[C@@]2(C(=O)O)C1. The third-order valence-electron chi connectivity index (χ3n) is 6.43. The van der Waals surface area contributed by atoms with Crippen molar-refractivity contribution in [2.24, 2.45) is 11.3 Å². The Morgan fingerprint density at radius 3 is 2.48 bits per heavy atom. The summed E-state index contributed by atoms with van der Waals surface area (Å²) < 4.78 is 0. The number of carboxylic acid groups (broad SMARTS) is 1. The van der Waals surface area contributed by atoms with Crippen LogP contribution in [-0.2, 0) is 9.59 Å². The highest BCUT2D eigenvalue weighted by molar-refractivity contribution is 5.97. The molecular weight excluding hydrogens is 322 g/mol. The minimum absolute atomic E-state index is 0.108. The van der Waals surface area contributed by atoms with Crippen LogP contribution in [0.15, 0.2) is 0 Å². The molecule has 0 aromatic heterocycles. The van der Waals surface area contributed by atoms with Gasteiger partial charge in [-0.05, 0) is 38.5 Å². The number of fused-ring (bicyclic) bond motifs is 1. The topological polar surface area (TPSA) is 98.7 Å². The molecule has 2 aliphatic carbocycles. The summed E-state index contributed by atoms with van der Waals surface area (Å²) in [4.78, 5) is 38.1. The minimum atomic E-state index is -0.750. The lowest BCUT2D eigenvalue weighted by molar-refractivity contribution is -0.149. The number of carbonyl (C=O) groups is 3. The molecule has 140 valence electrons. The number of amides is 3. The van der Waals surface area contributed by atoms with Crippen LogP contribution in [0.2, 0.25) is 0 Å². The fourth-order valence-corrected chi connectivity index (χ4v) is 4.82. The summed E-state index contributed by atoms with van der Waals surface area (Å²) in [6.07, 6.45) is 7.88. The van der Waals surface area contributed by atoms with Gasteiger partial charge >= 0.3 is 12.0 Å². The molecule has 3 aliphatic rings. The van der Waals surface area contributed by atoms with E-state index in [9.17, 15) is 19.5 Å². The van der Waals surface area contributed by atoms with Crippen molar-refractivity contribution in [3.05, 3.63) is 0 Å². The summed E-state index contributed by atoms with van der Waals surface area (Å²) in [5.41, 5.74) is -0.709. The Bertz CT molecular complexity index is 546. The largest absolute Gasteiger partial charge is 0.481 e. The molecule has 2 saturated carbocycles. The van der Waals surface area contributed by atoms with Gasteiger partial charge in [-0.1, -0.05) is 25.7 Å². The zero-order valence-corrected chi connectivity index (χ0v) is 14.9. The monoisotopic (exact) mass is 351 g/mol. The van der Waals surface area contributed by atoms with Gasteiger partial charge in [-0.15, -0.1) is 0 Å². The molecule has 0 aromatic rings. The Hall–Kier alpha value is -1.63. The Kier molecular flexibility index (Phi) is 5.32. The van der Waals surface area contributed by atoms with E-state index in [0.29, 0.717) is 19.5 Å². The molecule has 0 radical (unpaired) electrons. The molecule has 3 fully saturated rings. The highest BCUT2D eigenvalue weighted by atomic mass is 16.4. The average molecular weight is 351 g/mol. The highest BCUT2D eigenvalue weighted by Crippen LogP contribution is 2.49. The Morgan fingerprint density at radius 1 is 1.12 bits per heavy atom. The molecular formula is C18H29N3O4. The first kappa shape index (κ1) is 18.2. The van der Waals surface area contributed by atoms with E-state index >= 15 is 0 Å². The van der Waals surface area contributed by atoms with Gasteiger partial charge in [0.2, 0.25) is 5.91 Å². The first-order valence-corrected chi connectivity index (χ1v) is 9.51. The zero-order valence-electron chi connectivity index (χ0n) is 14.9. The summed E-state index contributed by atoms with van der Waals surface area (Å²) >= 11 is 0. The molecule has 0 bridgehead atoms. The van der Waals surface area contributed by atoms with Crippen LogP contribution in [0.1, 0.15) is 58.3 Å². The number of carboxylic acids is 1. The van der Waals surface area contributed by atoms with E-state index in [1.165, 1.54) is 6.42 Å². The Labute approximate surface area is 148 Å². The standard InChI is InChI=1S/C18H29N3O4/c1-12(15(22)20-17(25)19-14-7-3-2-4-8-14)21-10-13-6-5-9-18(13,11-21)16(23)24/h12-14H,2-11H2,1H3,(H,23,24)(H2,19,20,22,25)/t12?,13-,18+/m0/s1. The Balaban J connectivity index is 1.52. The molecule has 0 aromatic carbocycles. The van der Waals surface area contributed by atoms with Gasteiger partial charge in [0.15, 0.2) is 0 Å². The van der Waals surface area contributed by atoms with Gasteiger partial charge in [0.25, 0.3) is 0 Å². The van der Waals surface area contributed by atoms with Gasteiger partial charge in [0.1, 0.15) is 0 Å². The average Bonchev–Trinajstić information content (AvgIpc) is 3.13. The molecule has 1 unspecified atom stereocenters. The highest BCUT2D eigenvalue weighted by Gasteiger charge is 2.55. The van der Waals surface area contributed by atoms with Crippen LogP contribution in [0, 0.1) is 11.3 Å². The van der Waals surface area contributed by atoms with Gasteiger partial charge in [-0.3, -0.25) is 19.8 Å². The van der Waals surface area contributed by atoms with E-state index < -0.39 is 23.5 Å². The van der Waals surface area contributed by atoms with Gasteiger partial charge < -0.3 is 10.4 Å². The van der Waals surface area contributed by atoms with Crippen molar-refractivity contribution in [3.63, 3.8) is 0 Å². The van der Waals surface area contributed by atoms with E-state index in [1.54, 1.807) is 6.92 Å². The van der Waals surface area contributed by atoms with Crippen molar-refractivity contribution in [2.45, 2.75) is 70.4 Å². The number of imide groups is 1. The molecule has 3 rings (SSSR count). The predicted octanol–water partition coefficient (Wildman–Crippen LogP) is 1.72. The van der Waals surface area contributed by atoms with Gasteiger partial charge in [-0.2, -0.15) is 0 Å². The summed E-state index contributed by atoms with van der Waals surface area (Å²) in [6, 6.07) is -0.784. The molecule has 3 amide bonds. The second-order valence-corrected chi connectivity index (χ2v) is 7.95. The third kappa shape index (κ3) is 3.66. The lowest BCUT2D eigenvalue weighted by atomic mass is 9.81. The van der Waals surface area contributed by atoms with Crippen LogP contribution in [0.5, 0.6) is 0 Å². The molecule has 1 aliphatic heterocycles. The fraction of sp³-hybridized carbons (Fsp3) is 0.833.